The molecule has 0 aromatic carbocycles. The average Bonchev–Trinajstić information content (AvgIpc) is 2.30. The van der Waals surface area contributed by atoms with Crippen LogP contribution in [0.4, 0.5) is 8.78 Å². The minimum absolute atomic E-state index is 0.0939. The van der Waals surface area contributed by atoms with Crippen molar-refractivity contribution in [2.45, 2.75) is 26.3 Å². The molecule has 6 heteroatoms. The molecule has 0 fully saturated rings. The van der Waals surface area contributed by atoms with Gasteiger partial charge in [-0.3, -0.25) is 9.78 Å². The molecule has 0 saturated carbocycles. The summed E-state index contributed by atoms with van der Waals surface area (Å²) in [6, 6.07) is 0. The first-order valence-corrected chi connectivity index (χ1v) is 5.03. The maximum atomic E-state index is 12.7. The second kappa shape index (κ2) is 5.67. The number of halogens is 2. The van der Waals surface area contributed by atoms with Crippen LogP contribution in [0.2, 0.25) is 0 Å². The fraction of sp³-hybridized carbons (Fsp3) is 0.455. The van der Waals surface area contributed by atoms with Gasteiger partial charge < -0.3 is 10.5 Å². The van der Waals surface area contributed by atoms with Crippen LogP contribution < -0.4 is 5.73 Å². The summed E-state index contributed by atoms with van der Waals surface area (Å²) >= 11 is 0. The smallest absolute Gasteiger partial charge is 0.310 e. The van der Waals surface area contributed by atoms with Gasteiger partial charge in [0.15, 0.2) is 0 Å². The quantitative estimate of drug-likeness (QED) is 0.815. The highest BCUT2D eigenvalue weighted by Crippen LogP contribution is 2.26. The molecule has 0 bridgehead atoms. The lowest BCUT2D eigenvalue weighted by molar-refractivity contribution is -0.139. The normalized spacial score (nSPS) is 10.7. The summed E-state index contributed by atoms with van der Waals surface area (Å²) in [5, 5.41) is 0. The van der Waals surface area contributed by atoms with Crippen LogP contribution in [0.5, 0.6) is 0 Å². The molecule has 0 aliphatic rings. The van der Waals surface area contributed by atoms with Gasteiger partial charge in [0.05, 0.1) is 19.2 Å². The number of methoxy groups -OCH3 is 1. The predicted octanol–water partition coefficient (Wildman–Crippen LogP) is 1.50. The highest BCUT2D eigenvalue weighted by molar-refractivity contribution is 5.73. The number of aromatic nitrogens is 1. The Morgan fingerprint density at radius 3 is 2.71 bits per heavy atom. The second-order valence-corrected chi connectivity index (χ2v) is 3.52. The van der Waals surface area contributed by atoms with Crippen LogP contribution in [0.1, 0.15) is 28.8 Å². The molecule has 2 N–H and O–H groups in total. The summed E-state index contributed by atoms with van der Waals surface area (Å²) in [6.45, 7) is 1.62. The van der Waals surface area contributed by atoms with Gasteiger partial charge in [-0.05, 0) is 18.1 Å². The molecular formula is C11H14F2N2O2. The Morgan fingerprint density at radius 1 is 1.59 bits per heavy atom. The molecule has 94 valence electrons. The number of nitrogens with two attached hydrogens (primary N) is 1. The molecule has 0 amide bonds. The number of ether oxygens (including phenoxy) is 1. The van der Waals surface area contributed by atoms with Gasteiger partial charge in [0.2, 0.25) is 0 Å². The molecule has 0 unspecified atom stereocenters. The van der Waals surface area contributed by atoms with E-state index in [0.717, 1.165) is 6.20 Å². The Balaban J connectivity index is 3.22. The molecule has 4 nitrogen and oxygen atoms in total. The van der Waals surface area contributed by atoms with Crippen molar-refractivity contribution in [2.24, 2.45) is 5.73 Å². The molecule has 0 saturated heterocycles. The molecule has 0 atom stereocenters. The zero-order chi connectivity index (χ0) is 13.0. The lowest BCUT2D eigenvalue weighted by atomic mass is 10.00. The number of rotatable bonds is 4. The van der Waals surface area contributed by atoms with Crippen LogP contribution >= 0.6 is 0 Å². The van der Waals surface area contributed by atoms with E-state index in [2.05, 4.69) is 9.72 Å². The molecule has 1 rings (SSSR count). The van der Waals surface area contributed by atoms with Gasteiger partial charge in [-0.15, -0.1) is 0 Å². The first-order chi connectivity index (χ1) is 8.01. The van der Waals surface area contributed by atoms with E-state index in [4.69, 9.17) is 5.73 Å². The fourth-order valence-electron chi connectivity index (χ4n) is 1.56. The van der Waals surface area contributed by atoms with Crippen LogP contribution in [0.25, 0.3) is 0 Å². The number of hydrogen-bond donors (Lipinski definition) is 1. The number of carbonyl (C=O) groups is 1. The monoisotopic (exact) mass is 244 g/mol. The van der Waals surface area contributed by atoms with Crippen molar-refractivity contribution in [3.05, 3.63) is 28.6 Å². The zero-order valence-electron chi connectivity index (χ0n) is 9.67. The van der Waals surface area contributed by atoms with E-state index in [1.54, 1.807) is 0 Å². The maximum absolute atomic E-state index is 12.7. The fourth-order valence-corrected chi connectivity index (χ4v) is 1.56. The molecule has 0 aliphatic carbocycles. The van der Waals surface area contributed by atoms with Crippen molar-refractivity contribution >= 4 is 5.97 Å². The molecule has 0 radical (unpaired) electrons. The number of carbonyl (C=O) groups excluding carboxylic acids is 1. The van der Waals surface area contributed by atoms with E-state index in [-0.39, 0.29) is 18.5 Å². The summed E-state index contributed by atoms with van der Waals surface area (Å²) in [5.74, 6) is -0.504. The molecule has 0 aliphatic heterocycles. The van der Waals surface area contributed by atoms with Gasteiger partial charge in [0.25, 0.3) is 6.43 Å². The standard InChI is InChI=1S/C11H14F2N2O2/c1-6-7(3-10(16)17-2)9(4-14)15-5-8(6)11(12)13/h5,11H,3-4,14H2,1-2H3. The molecule has 17 heavy (non-hydrogen) atoms. The van der Waals surface area contributed by atoms with Crippen molar-refractivity contribution in [1.82, 2.24) is 4.98 Å². The van der Waals surface area contributed by atoms with Crippen molar-refractivity contribution < 1.29 is 18.3 Å². The Morgan fingerprint density at radius 2 is 2.24 bits per heavy atom. The van der Waals surface area contributed by atoms with Crippen LogP contribution in [-0.2, 0) is 22.5 Å². The van der Waals surface area contributed by atoms with E-state index < -0.39 is 12.4 Å². The number of alkyl halides is 2. The SMILES string of the molecule is COC(=O)Cc1c(CN)ncc(C(F)F)c1C. The third kappa shape index (κ3) is 2.97. The van der Waals surface area contributed by atoms with Gasteiger partial charge in [-0.2, -0.15) is 0 Å². The summed E-state index contributed by atoms with van der Waals surface area (Å²) in [4.78, 5) is 15.1. The van der Waals surface area contributed by atoms with Crippen LogP contribution in [0.15, 0.2) is 6.20 Å². The van der Waals surface area contributed by atoms with Gasteiger partial charge in [0, 0.05) is 18.3 Å². The first-order valence-electron chi connectivity index (χ1n) is 5.03. The van der Waals surface area contributed by atoms with Gasteiger partial charge >= 0.3 is 5.97 Å². The Hall–Kier alpha value is -1.56. The Bertz CT molecular complexity index is 422. The zero-order valence-corrected chi connectivity index (χ0v) is 9.67. The van der Waals surface area contributed by atoms with Crippen LogP contribution in [0.3, 0.4) is 0 Å². The molecular weight excluding hydrogens is 230 g/mol. The van der Waals surface area contributed by atoms with E-state index in [1.165, 1.54) is 14.0 Å². The summed E-state index contributed by atoms with van der Waals surface area (Å²) < 4.78 is 29.9. The van der Waals surface area contributed by atoms with Gasteiger partial charge in [-0.25, -0.2) is 8.78 Å². The van der Waals surface area contributed by atoms with Crippen LogP contribution in [0, 0.1) is 6.92 Å². The van der Waals surface area contributed by atoms with E-state index >= 15 is 0 Å². The van der Waals surface area contributed by atoms with Gasteiger partial charge in [0.1, 0.15) is 0 Å². The first kappa shape index (κ1) is 13.5. The minimum Gasteiger partial charge on any atom is -0.469 e. The minimum atomic E-state index is -2.62. The molecule has 1 heterocycles. The maximum Gasteiger partial charge on any atom is 0.310 e. The highest BCUT2D eigenvalue weighted by atomic mass is 19.3. The van der Waals surface area contributed by atoms with Crippen molar-refractivity contribution in [2.75, 3.05) is 7.11 Å². The van der Waals surface area contributed by atoms with Crippen molar-refractivity contribution in [1.29, 1.82) is 0 Å². The molecule has 1 aromatic rings. The van der Waals surface area contributed by atoms with Crippen molar-refractivity contribution in [3.63, 3.8) is 0 Å². The summed E-state index contributed by atoms with van der Waals surface area (Å²) in [5.41, 5.74) is 6.50. The number of nitrogens with zero attached hydrogens (tertiary/aromatic N) is 1. The van der Waals surface area contributed by atoms with Crippen LogP contribution in [-0.4, -0.2) is 18.1 Å². The van der Waals surface area contributed by atoms with E-state index in [9.17, 15) is 13.6 Å². The second-order valence-electron chi connectivity index (χ2n) is 3.52. The lowest BCUT2D eigenvalue weighted by Gasteiger charge is -2.13. The number of esters is 1. The van der Waals surface area contributed by atoms with E-state index in [1.807, 2.05) is 0 Å². The topological polar surface area (TPSA) is 65.2 Å². The highest BCUT2D eigenvalue weighted by Gasteiger charge is 2.18. The van der Waals surface area contributed by atoms with Gasteiger partial charge in [-0.1, -0.05) is 0 Å². The molecule has 1 aromatic heterocycles. The Labute approximate surface area is 97.8 Å². The largest absolute Gasteiger partial charge is 0.469 e. The van der Waals surface area contributed by atoms with E-state index in [0.29, 0.717) is 16.8 Å². The number of pyridine rings is 1. The summed E-state index contributed by atoms with van der Waals surface area (Å²) in [6.07, 6.45) is -1.61. The summed E-state index contributed by atoms with van der Waals surface area (Å²) in [7, 11) is 1.24. The third-order valence-corrected chi connectivity index (χ3v) is 2.57. The molecule has 0 spiro atoms. The average molecular weight is 244 g/mol. The predicted molar refractivity (Wildman–Crippen MR) is 57.5 cm³/mol. The lowest BCUT2D eigenvalue weighted by Crippen LogP contribution is -2.14. The Kier molecular flexibility index (Phi) is 4.51. The van der Waals surface area contributed by atoms with Crippen molar-refractivity contribution in [3.8, 4) is 0 Å². The number of hydrogen-bond acceptors (Lipinski definition) is 4. The third-order valence-electron chi connectivity index (χ3n) is 2.57.